The quantitative estimate of drug-likeness (QED) is 0.784. The summed E-state index contributed by atoms with van der Waals surface area (Å²) >= 11 is 6.09. The maximum Gasteiger partial charge on any atom is 0.236 e. The summed E-state index contributed by atoms with van der Waals surface area (Å²) in [5.74, 6) is 0.0905. The Morgan fingerprint density at radius 2 is 2.04 bits per heavy atom. The van der Waals surface area contributed by atoms with Crippen molar-refractivity contribution in [2.45, 2.75) is 25.8 Å². The monoisotopic (exact) mass is 324 g/mol. The molecule has 3 nitrogen and oxygen atoms in total. The molecule has 0 saturated heterocycles. The van der Waals surface area contributed by atoms with Crippen LogP contribution in [0, 0.1) is 5.92 Å². The van der Waals surface area contributed by atoms with Gasteiger partial charge in [-0.15, -0.1) is 0 Å². The van der Waals surface area contributed by atoms with Crippen LogP contribution in [-0.4, -0.2) is 11.6 Å². The van der Waals surface area contributed by atoms with E-state index < -0.39 is 0 Å². The van der Waals surface area contributed by atoms with Crippen LogP contribution in [0.5, 0.6) is 0 Å². The molecule has 1 unspecified atom stereocenters. The van der Waals surface area contributed by atoms with Gasteiger partial charge in [-0.2, -0.15) is 0 Å². The number of para-hydroxylation sites is 2. The summed E-state index contributed by atoms with van der Waals surface area (Å²) in [6.07, 6.45) is 2.87. The minimum Gasteiger partial charge on any atom is -0.305 e. The van der Waals surface area contributed by atoms with E-state index in [1.54, 1.807) is 0 Å². The highest BCUT2D eigenvalue weighted by atomic mass is 35.5. The van der Waals surface area contributed by atoms with Crippen LogP contribution in [0.1, 0.15) is 24.8 Å². The molecule has 2 aromatic rings. The van der Waals surface area contributed by atoms with Crippen molar-refractivity contribution in [3.05, 3.63) is 59.1 Å². The minimum absolute atomic E-state index is 0.0680. The number of carbonyl (C=O) groups is 1. The number of halogens is 1. The maximum atomic E-state index is 13.1. The molecule has 116 valence electrons. The van der Waals surface area contributed by atoms with Crippen molar-refractivity contribution in [1.82, 2.24) is 0 Å². The van der Waals surface area contributed by atoms with Gasteiger partial charge in [0.05, 0.1) is 23.8 Å². The lowest BCUT2D eigenvalue weighted by atomic mass is 10.0. The summed E-state index contributed by atoms with van der Waals surface area (Å²) in [6, 6.07) is 15.6. The zero-order valence-corrected chi connectivity index (χ0v) is 13.5. The number of benzene rings is 2. The van der Waals surface area contributed by atoms with Crippen molar-refractivity contribution < 1.29 is 4.79 Å². The van der Waals surface area contributed by atoms with Crippen LogP contribution < -0.4 is 4.90 Å². The number of fused-ring (bicyclic) bond motifs is 2. The van der Waals surface area contributed by atoms with E-state index in [2.05, 4.69) is 0 Å². The number of aliphatic imine (C=N–C) groups is 1. The Kier molecular flexibility index (Phi) is 3.66. The lowest BCUT2D eigenvalue weighted by Crippen LogP contribution is -2.36. The van der Waals surface area contributed by atoms with Gasteiger partial charge in [-0.05, 0) is 49.1 Å². The Labute approximate surface area is 140 Å². The first-order valence-electron chi connectivity index (χ1n) is 7.95. The second kappa shape index (κ2) is 5.82. The smallest absolute Gasteiger partial charge is 0.236 e. The molecule has 23 heavy (non-hydrogen) atoms. The second-order valence-corrected chi connectivity index (χ2v) is 6.53. The van der Waals surface area contributed by atoms with Gasteiger partial charge in [0.25, 0.3) is 0 Å². The third-order valence-electron chi connectivity index (χ3n) is 4.56. The number of carbonyl (C=O) groups excluding carboxylic acids is 1. The Hall–Kier alpha value is -2.13. The number of hydrogen-bond donors (Lipinski definition) is 0. The van der Waals surface area contributed by atoms with Gasteiger partial charge < -0.3 is 4.90 Å². The predicted octanol–water partition coefficient (Wildman–Crippen LogP) is 4.76. The van der Waals surface area contributed by atoms with Crippen LogP contribution in [-0.2, 0) is 11.3 Å². The standard InChI is InChI=1S/C19H17ClN2O/c20-14-6-3-5-13(11-14)12-22-18-10-2-1-8-17(18)21-16-9-4-7-15(16)19(22)23/h1-3,5-6,8,10-11,15H,4,7,9,12H2. The zero-order chi connectivity index (χ0) is 15.8. The first-order valence-corrected chi connectivity index (χ1v) is 8.32. The number of rotatable bonds is 2. The zero-order valence-electron chi connectivity index (χ0n) is 12.7. The van der Waals surface area contributed by atoms with E-state index in [-0.39, 0.29) is 11.8 Å². The fourth-order valence-electron chi connectivity index (χ4n) is 3.46. The molecule has 2 aromatic carbocycles. The fourth-order valence-corrected chi connectivity index (χ4v) is 3.67. The van der Waals surface area contributed by atoms with Crippen molar-refractivity contribution in [1.29, 1.82) is 0 Å². The van der Waals surface area contributed by atoms with Crippen molar-refractivity contribution in [3.63, 3.8) is 0 Å². The highest BCUT2D eigenvalue weighted by Gasteiger charge is 2.36. The first kappa shape index (κ1) is 14.5. The van der Waals surface area contributed by atoms with Crippen LogP contribution in [0.4, 0.5) is 11.4 Å². The second-order valence-electron chi connectivity index (χ2n) is 6.09. The van der Waals surface area contributed by atoms with Gasteiger partial charge in [0.15, 0.2) is 0 Å². The normalized spacial score (nSPS) is 19.9. The number of nitrogens with zero attached hydrogens (tertiary/aromatic N) is 2. The molecule has 1 saturated carbocycles. The van der Waals surface area contributed by atoms with Gasteiger partial charge in [0.2, 0.25) is 5.91 Å². The summed E-state index contributed by atoms with van der Waals surface area (Å²) in [6.45, 7) is 0.524. The molecular weight excluding hydrogens is 308 g/mol. The molecule has 0 spiro atoms. The third kappa shape index (κ3) is 2.66. The highest BCUT2D eigenvalue weighted by molar-refractivity contribution is 6.30. The molecule has 4 rings (SSSR count). The van der Waals surface area contributed by atoms with Gasteiger partial charge >= 0.3 is 0 Å². The average molecular weight is 325 g/mol. The summed E-state index contributed by atoms with van der Waals surface area (Å²) in [4.78, 5) is 19.7. The molecular formula is C19H17ClN2O. The van der Waals surface area contributed by atoms with Crippen molar-refractivity contribution >= 4 is 34.6 Å². The molecule has 4 heteroatoms. The number of hydrogen-bond acceptors (Lipinski definition) is 2. The maximum absolute atomic E-state index is 13.1. The molecule has 1 amide bonds. The number of anilines is 1. The van der Waals surface area contributed by atoms with E-state index in [0.29, 0.717) is 11.6 Å². The lowest BCUT2D eigenvalue weighted by Gasteiger charge is -2.25. The molecule has 0 radical (unpaired) electrons. The van der Waals surface area contributed by atoms with Crippen LogP contribution in [0.2, 0.25) is 5.02 Å². The van der Waals surface area contributed by atoms with Gasteiger partial charge in [-0.25, -0.2) is 0 Å². The summed E-state index contributed by atoms with van der Waals surface area (Å²) in [5.41, 5.74) is 3.85. The van der Waals surface area contributed by atoms with E-state index in [0.717, 1.165) is 41.9 Å². The van der Waals surface area contributed by atoms with E-state index in [4.69, 9.17) is 16.6 Å². The molecule has 2 aliphatic rings. The Morgan fingerprint density at radius 1 is 1.17 bits per heavy atom. The van der Waals surface area contributed by atoms with E-state index >= 15 is 0 Å². The van der Waals surface area contributed by atoms with Crippen LogP contribution in [0.25, 0.3) is 0 Å². The van der Waals surface area contributed by atoms with E-state index in [1.807, 2.05) is 53.4 Å². The molecule has 1 aliphatic heterocycles. The highest BCUT2D eigenvalue weighted by Crippen LogP contribution is 2.38. The SMILES string of the molecule is O=C1C2CCCC2=Nc2ccccc2N1Cc1cccc(Cl)c1. The van der Waals surface area contributed by atoms with Crippen molar-refractivity contribution in [3.8, 4) is 0 Å². The Balaban J connectivity index is 1.77. The largest absolute Gasteiger partial charge is 0.305 e. The first-order chi connectivity index (χ1) is 11.2. The molecule has 1 fully saturated rings. The Bertz CT molecular complexity index is 799. The average Bonchev–Trinajstić information content (AvgIpc) is 2.97. The van der Waals surface area contributed by atoms with Crippen molar-refractivity contribution in [2.75, 3.05) is 4.90 Å². The molecule has 0 N–H and O–H groups in total. The topological polar surface area (TPSA) is 32.7 Å². The van der Waals surface area contributed by atoms with Crippen LogP contribution in [0.15, 0.2) is 53.5 Å². The van der Waals surface area contributed by atoms with Crippen molar-refractivity contribution in [2.24, 2.45) is 10.9 Å². The van der Waals surface area contributed by atoms with Gasteiger partial charge in [0.1, 0.15) is 0 Å². The lowest BCUT2D eigenvalue weighted by molar-refractivity contribution is -0.120. The predicted molar refractivity (Wildman–Crippen MR) is 93.5 cm³/mol. The summed E-state index contributed by atoms with van der Waals surface area (Å²) in [7, 11) is 0. The third-order valence-corrected chi connectivity index (χ3v) is 4.79. The summed E-state index contributed by atoms with van der Waals surface area (Å²) in [5, 5.41) is 0.691. The summed E-state index contributed by atoms with van der Waals surface area (Å²) < 4.78 is 0. The minimum atomic E-state index is -0.0680. The molecule has 0 aromatic heterocycles. The van der Waals surface area contributed by atoms with Gasteiger partial charge in [-0.1, -0.05) is 35.9 Å². The molecule has 0 bridgehead atoms. The van der Waals surface area contributed by atoms with Crippen LogP contribution >= 0.6 is 11.6 Å². The van der Waals surface area contributed by atoms with E-state index in [9.17, 15) is 4.79 Å². The number of amides is 1. The molecule has 1 aliphatic carbocycles. The molecule has 1 heterocycles. The molecule has 1 atom stereocenters. The van der Waals surface area contributed by atoms with Crippen LogP contribution in [0.3, 0.4) is 0 Å². The fraction of sp³-hybridized carbons (Fsp3) is 0.263. The van der Waals surface area contributed by atoms with Gasteiger partial charge in [0, 0.05) is 10.7 Å². The Morgan fingerprint density at radius 3 is 2.91 bits per heavy atom. The van der Waals surface area contributed by atoms with E-state index in [1.165, 1.54) is 0 Å². The van der Waals surface area contributed by atoms with Gasteiger partial charge in [-0.3, -0.25) is 9.79 Å².